The van der Waals surface area contributed by atoms with Crippen molar-refractivity contribution in [2.75, 3.05) is 25.1 Å². The van der Waals surface area contributed by atoms with E-state index in [2.05, 4.69) is 4.98 Å². The van der Waals surface area contributed by atoms with Crippen molar-refractivity contribution in [3.8, 4) is 0 Å². The van der Waals surface area contributed by atoms with E-state index in [1.165, 1.54) is 19.2 Å². The van der Waals surface area contributed by atoms with Crippen LogP contribution in [-0.4, -0.2) is 53.5 Å². The molecule has 3 heterocycles. The number of H-pyrrole nitrogens is 1. The van der Waals surface area contributed by atoms with Gasteiger partial charge in [0.2, 0.25) is 5.91 Å². The van der Waals surface area contributed by atoms with Crippen molar-refractivity contribution in [3.05, 3.63) is 66.1 Å². The quantitative estimate of drug-likeness (QED) is 0.658. The molecule has 1 N–H and O–H groups in total. The van der Waals surface area contributed by atoms with Crippen LogP contribution in [0.3, 0.4) is 0 Å². The molecule has 1 spiro atoms. The lowest BCUT2D eigenvalue weighted by Gasteiger charge is -2.59. The van der Waals surface area contributed by atoms with E-state index in [1.54, 1.807) is 17.0 Å². The summed E-state index contributed by atoms with van der Waals surface area (Å²) >= 11 is 0. The lowest BCUT2D eigenvalue weighted by molar-refractivity contribution is -0.152. The number of hydrogen-bond donors (Lipinski definition) is 1. The van der Waals surface area contributed by atoms with Crippen molar-refractivity contribution in [2.24, 2.45) is 0 Å². The van der Waals surface area contributed by atoms with Gasteiger partial charge in [-0.3, -0.25) is 9.59 Å². The monoisotopic (exact) mass is 421 g/mol. The van der Waals surface area contributed by atoms with Crippen LogP contribution in [0.4, 0.5) is 10.1 Å². The number of hydrogen-bond acceptors (Lipinski definition) is 3. The van der Waals surface area contributed by atoms with Gasteiger partial charge < -0.3 is 19.5 Å². The summed E-state index contributed by atoms with van der Waals surface area (Å²) in [5.41, 5.74) is 1.99. The van der Waals surface area contributed by atoms with E-state index in [4.69, 9.17) is 4.74 Å². The maximum absolute atomic E-state index is 13.8. The number of nitrogens with zero attached hydrogens (tertiary/aromatic N) is 2. The SMILES string of the molecule is COC1C(=O)N(c2cccc(F)c2)C12CCN(C(=O)Cc1c[nH]c3ccccc13)CC2. The lowest BCUT2D eigenvalue weighted by atomic mass is 9.72. The van der Waals surface area contributed by atoms with Crippen LogP contribution in [-0.2, 0) is 20.7 Å². The Labute approximate surface area is 179 Å². The number of methoxy groups -OCH3 is 1. The Bertz CT molecular complexity index is 1150. The standard InChI is InChI=1S/C24H24FN3O3/c1-31-22-23(30)28(18-6-4-5-17(25)14-18)24(22)9-11-27(12-10-24)21(29)13-16-15-26-20-8-3-2-7-19(16)20/h2-8,14-15,22,26H,9-13H2,1H3. The van der Waals surface area contributed by atoms with E-state index in [-0.39, 0.29) is 17.6 Å². The summed E-state index contributed by atoms with van der Waals surface area (Å²) < 4.78 is 19.3. The van der Waals surface area contributed by atoms with Gasteiger partial charge in [-0.05, 0) is 42.7 Å². The molecule has 5 rings (SSSR count). The molecule has 2 aliphatic rings. The number of β-lactam (4-membered cyclic amide) rings is 1. The highest BCUT2D eigenvalue weighted by atomic mass is 19.1. The molecular weight excluding hydrogens is 397 g/mol. The molecule has 6 nitrogen and oxygen atoms in total. The van der Waals surface area contributed by atoms with Crippen LogP contribution in [0.5, 0.6) is 0 Å². The number of piperidine rings is 1. The number of carbonyl (C=O) groups excluding carboxylic acids is 2. The van der Waals surface area contributed by atoms with Crippen LogP contribution in [0.2, 0.25) is 0 Å². The Morgan fingerprint density at radius 3 is 2.71 bits per heavy atom. The first-order chi connectivity index (χ1) is 15.0. The van der Waals surface area contributed by atoms with Gasteiger partial charge in [-0.2, -0.15) is 0 Å². The zero-order valence-electron chi connectivity index (χ0n) is 17.3. The number of carbonyl (C=O) groups is 2. The number of likely N-dealkylation sites (tertiary alicyclic amines) is 1. The largest absolute Gasteiger partial charge is 0.369 e. The Hall–Kier alpha value is -3.19. The molecule has 160 valence electrons. The molecule has 0 bridgehead atoms. The van der Waals surface area contributed by atoms with Crippen molar-refractivity contribution in [2.45, 2.75) is 30.9 Å². The average molecular weight is 421 g/mol. The predicted molar refractivity (Wildman–Crippen MR) is 115 cm³/mol. The van der Waals surface area contributed by atoms with E-state index in [0.29, 0.717) is 38.0 Å². The number of rotatable bonds is 4. The van der Waals surface area contributed by atoms with Crippen LogP contribution in [0.25, 0.3) is 10.9 Å². The Morgan fingerprint density at radius 2 is 1.97 bits per heavy atom. The molecule has 1 atom stereocenters. The molecule has 2 aliphatic heterocycles. The molecule has 2 fully saturated rings. The van der Waals surface area contributed by atoms with Gasteiger partial charge in [0.15, 0.2) is 6.10 Å². The van der Waals surface area contributed by atoms with Crippen molar-refractivity contribution < 1.29 is 18.7 Å². The second kappa shape index (κ2) is 7.50. The zero-order chi connectivity index (χ0) is 21.6. The molecule has 1 unspecified atom stereocenters. The van der Waals surface area contributed by atoms with E-state index < -0.39 is 11.6 Å². The highest BCUT2D eigenvalue weighted by molar-refractivity contribution is 6.07. The van der Waals surface area contributed by atoms with Gasteiger partial charge in [0, 0.05) is 43.0 Å². The van der Waals surface area contributed by atoms with Crippen LogP contribution in [0.15, 0.2) is 54.7 Å². The molecule has 7 heteroatoms. The summed E-state index contributed by atoms with van der Waals surface area (Å²) in [6, 6.07) is 14.0. The molecule has 3 aromatic rings. The number of benzene rings is 2. The highest BCUT2D eigenvalue weighted by Gasteiger charge is 2.62. The number of anilines is 1. The molecule has 0 aliphatic carbocycles. The van der Waals surface area contributed by atoms with E-state index >= 15 is 0 Å². The van der Waals surface area contributed by atoms with Crippen LogP contribution in [0, 0.1) is 5.82 Å². The summed E-state index contributed by atoms with van der Waals surface area (Å²) in [7, 11) is 1.53. The van der Waals surface area contributed by atoms with Crippen LogP contribution >= 0.6 is 0 Å². The summed E-state index contributed by atoms with van der Waals surface area (Å²) in [6.45, 7) is 1.06. The normalized spacial score (nSPS) is 20.3. The summed E-state index contributed by atoms with van der Waals surface area (Å²) in [5, 5.41) is 1.06. The third kappa shape index (κ3) is 3.11. The van der Waals surface area contributed by atoms with Gasteiger partial charge in [-0.25, -0.2) is 4.39 Å². The molecule has 2 saturated heterocycles. The van der Waals surface area contributed by atoms with Gasteiger partial charge >= 0.3 is 0 Å². The lowest BCUT2D eigenvalue weighted by Crippen LogP contribution is -2.78. The number of nitrogens with one attached hydrogen (secondary N) is 1. The number of aromatic amines is 1. The van der Waals surface area contributed by atoms with E-state index in [0.717, 1.165) is 16.5 Å². The molecule has 2 aromatic carbocycles. The predicted octanol–water partition coefficient (Wildman–Crippen LogP) is 3.27. The molecule has 31 heavy (non-hydrogen) atoms. The third-order valence-corrected chi connectivity index (χ3v) is 6.68. The van der Waals surface area contributed by atoms with Crippen LogP contribution < -0.4 is 4.90 Å². The Kier molecular flexibility index (Phi) is 4.78. The van der Waals surface area contributed by atoms with Crippen molar-refractivity contribution in [3.63, 3.8) is 0 Å². The number of halogens is 1. The minimum absolute atomic E-state index is 0.0662. The fraction of sp³-hybridized carbons (Fsp3) is 0.333. The van der Waals surface area contributed by atoms with Gasteiger partial charge in [-0.15, -0.1) is 0 Å². The topological polar surface area (TPSA) is 65.6 Å². The minimum atomic E-state index is -0.568. The smallest absolute Gasteiger partial charge is 0.259 e. The first-order valence-corrected chi connectivity index (χ1v) is 10.5. The Morgan fingerprint density at radius 1 is 1.19 bits per heavy atom. The van der Waals surface area contributed by atoms with E-state index in [9.17, 15) is 14.0 Å². The summed E-state index contributed by atoms with van der Waals surface area (Å²) in [6.07, 6.45) is 2.84. The average Bonchev–Trinajstić information content (AvgIpc) is 3.17. The van der Waals surface area contributed by atoms with Gasteiger partial charge in [0.05, 0.1) is 12.0 Å². The summed E-state index contributed by atoms with van der Waals surface area (Å²) in [4.78, 5) is 32.4. The zero-order valence-corrected chi connectivity index (χ0v) is 17.3. The second-order valence-corrected chi connectivity index (χ2v) is 8.29. The number of ether oxygens (including phenoxy) is 1. The molecule has 0 radical (unpaired) electrons. The maximum atomic E-state index is 13.8. The van der Waals surface area contributed by atoms with Gasteiger partial charge in [0.25, 0.3) is 5.91 Å². The number of amides is 2. The third-order valence-electron chi connectivity index (χ3n) is 6.68. The fourth-order valence-corrected chi connectivity index (χ4v) is 5.12. The highest BCUT2D eigenvalue weighted by Crippen LogP contribution is 2.45. The number of aromatic nitrogens is 1. The second-order valence-electron chi connectivity index (χ2n) is 8.29. The van der Waals surface area contributed by atoms with Gasteiger partial charge in [-0.1, -0.05) is 24.3 Å². The van der Waals surface area contributed by atoms with Gasteiger partial charge in [0.1, 0.15) is 5.82 Å². The Balaban J connectivity index is 1.32. The maximum Gasteiger partial charge on any atom is 0.259 e. The van der Waals surface area contributed by atoms with Crippen molar-refractivity contribution >= 4 is 28.4 Å². The fourth-order valence-electron chi connectivity index (χ4n) is 5.12. The number of para-hydroxylation sites is 1. The first kappa shape index (κ1) is 19.8. The van der Waals surface area contributed by atoms with E-state index in [1.807, 2.05) is 35.4 Å². The van der Waals surface area contributed by atoms with Crippen molar-refractivity contribution in [1.29, 1.82) is 0 Å². The molecular formula is C24H24FN3O3. The molecule has 2 amide bonds. The molecule has 0 saturated carbocycles. The minimum Gasteiger partial charge on any atom is -0.369 e. The number of fused-ring (bicyclic) bond motifs is 1. The first-order valence-electron chi connectivity index (χ1n) is 10.5. The van der Waals surface area contributed by atoms with Crippen LogP contribution in [0.1, 0.15) is 18.4 Å². The molecule has 1 aromatic heterocycles. The summed E-state index contributed by atoms with van der Waals surface area (Å²) in [5.74, 6) is -0.476. The van der Waals surface area contributed by atoms with Crippen molar-refractivity contribution in [1.82, 2.24) is 9.88 Å².